The highest BCUT2D eigenvalue weighted by molar-refractivity contribution is 5.90. The molecule has 0 saturated heterocycles. The summed E-state index contributed by atoms with van der Waals surface area (Å²) < 4.78 is 10.5. The van der Waals surface area contributed by atoms with Crippen molar-refractivity contribution in [1.82, 2.24) is 15.0 Å². The number of rotatable bonds is 15. The Hall–Kier alpha value is -4.21. The zero-order chi connectivity index (χ0) is 28.0. The fourth-order valence-electron chi connectivity index (χ4n) is 3.28. The summed E-state index contributed by atoms with van der Waals surface area (Å²) in [5.41, 5.74) is 2.37. The second-order valence-electron chi connectivity index (χ2n) is 9.46. The van der Waals surface area contributed by atoms with E-state index < -0.39 is 0 Å². The second kappa shape index (κ2) is 15.3. The zero-order valence-electron chi connectivity index (χ0n) is 23.1. The van der Waals surface area contributed by atoms with Crippen LogP contribution in [0.2, 0.25) is 0 Å². The molecule has 1 heterocycles. The number of benzene rings is 2. The number of esters is 2. The number of hydrogen-bond acceptors (Lipinski definition) is 10. The van der Waals surface area contributed by atoms with Crippen LogP contribution in [0, 0.1) is 5.92 Å². The molecule has 0 atom stereocenters. The summed E-state index contributed by atoms with van der Waals surface area (Å²) in [6.45, 7) is 9.79. The third-order valence-electron chi connectivity index (χ3n) is 5.52. The Kier molecular flexibility index (Phi) is 11.5. The summed E-state index contributed by atoms with van der Waals surface area (Å²) in [5.74, 6) is 0.769. The van der Waals surface area contributed by atoms with Crippen LogP contribution < -0.4 is 16.0 Å². The van der Waals surface area contributed by atoms with Gasteiger partial charge in [0.2, 0.25) is 17.8 Å². The lowest BCUT2D eigenvalue weighted by Gasteiger charge is -2.13. The summed E-state index contributed by atoms with van der Waals surface area (Å²) in [4.78, 5) is 37.8. The van der Waals surface area contributed by atoms with E-state index >= 15 is 0 Å². The van der Waals surface area contributed by atoms with Crippen molar-refractivity contribution in [2.75, 3.05) is 35.7 Å². The quantitative estimate of drug-likeness (QED) is 0.150. The Morgan fingerprint density at radius 2 is 1.10 bits per heavy atom. The van der Waals surface area contributed by atoms with Gasteiger partial charge in [0.25, 0.3) is 0 Å². The van der Waals surface area contributed by atoms with Gasteiger partial charge in [0.1, 0.15) is 0 Å². The standard InChI is InChI=1S/C29H38N6O4/c1-5-7-17-38-25(36)21-9-13-23(14-10-21)31-28-33-27(30-19-20(3)4)34-29(35-28)32-24-15-11-22(12-16-24)26(37)39-18-8-6-2/h9-16,20H,5-8,17-19H2,1-4H3,(H3,30,31,32,33,34,35). The molecule has 3 aromatic rings. The number of unbranched alkanes of at least 4 members (excludes halogenated alkanes) is 2. The molecule has 0 fully saturated rings. The van der Waals surface area contributed by atoms with Gasteiger partial charge >= 0.3 is 11.9 Å². The molecule has 1 aromatic heterocycles. The molecule has 0 radical (unpaired) electrons. The van der Waals surface area contributed by atoms with E-state index in [1.165, 1.54) is 0 Å². The van der Waals surface area contributed by atoms with Gasteiger partial charge in [0.05, 0.1) is 24.3 Å². The van der Waals surface area contributed by atoms with Crippen molar-refractivity contribution < 1.29 is 19.1 Å². The van der Waals surface area contributed by atoms with Gasteiger partial charge in [-0.3, -0.25) is 0 Å². The van der Waals surface area contributed by atoms with Crippen molar-refractivity contribution >= 4 is 41.2 Å². The molecule has 3 rings (SSSR count). The van der Waals surface area contributed by atoms with Crippen molar-refractivity contribution in [3.8, 4) is 0 Å². The summed E-state index contributed by atoms with van der Waals surface area (Å²) in [7, 11) is 0. The molecule has 10 nitrogen and oxygen atoms in total. The second-order valence-corrected chi connectivity index (χ2v) is 9.46. The van der Waals surface area contributed by atoms with E-state index in [9.17, 15) is 9.59 Å². The maximum Gasteiger partial charge on any atom is 0.338 e. The van der Waals surface area contributed by atoms with Crippen LogP contribution in [0.3, 0.4) is 0 Å². The Morgan fingerprint density at radius 1 is 0.692 bits per heavy atom. The molecule has 0 amide bonds. The fraction of sp³-hybridized carbons (Fsp3) is 0.414. The average Bonchev–Trinajstić information content (AvgIpc) is 2.93. The summed E-state index contributed by atoms with van der Waals surface area (Å²) >= 11 is 0. The number of nitrogens with one attached hydrogen (secondary N) is 3. The molecule has 39 heavy (non-hydrogen) atoms. The number of aromatic nitrogens is 3. The molecule has 0 aliphatic carbocycles. The molecule has 0 unspecified atom stereocenters. The van der Waals surface area contributed by atoms with Gasteiger partial charge in [-0.05, 0) is 67.3 Å². The Labute approximate surface area is 230 Å². The van der Waals surface area contributed by atoms with Crippen LogP contribution >= 0.6 is 0 Å². The lowest BCUT2D eigenvalue weighted by atomic mass is 10.2. The highest BCUT2D eigenvalue weighted by atomic mass is 16.5. The van der Waals surface area contributed by atoms with Crippen molar-refractivity contribution in [2.24, 2.45) is 5.92 Å². The predicted molar refractivity (Wildman–Crippen MR) is 153 cm³/mol. The van der Waals surface area contributed by atoms with Crippen molar-refractivity contribution in [3.05, 3.63) is 59.7 Å². The van der Waals surface area contributed by atoms with Gasteiger partial charge < -0.3 is 25.4 Å². The molecule has 208 valence electrons. The average molecular weight is 535 g/mol. The van der Waals surface area contributed by atoms with E-state index in [2.05, 4.69) is 44.7 Å². The third-order valence-corrected chi connectivity index (χ3v) is 5.52. The number of carbonyl (C=O) groups excluding carboxylic acids is 2. The van der Waals surface area contributed by atoms with Crippen LogP contribution in [0.15, 0.2) is 48.5 Å². The molecule has 0 saturated carbocycles. The Morgan fingerprint density at radius 3 is 1.49 bits per heavy atom. The highest BCUT2D eigenvalue weighted by Gasteiger charge is 2.11. The first-order valence-corrected chi connectivity index (χ1v) is 13.5. The van der Waals surface area contributed by atoms with E-state index in [1.54, 1.807) is 48.5 Å². The van der Waals surface area contributed by atoms with E-state index in [0.29, 0.717) is 66.0 Å². The van der Waals surface area contributed by atoms with Gasteiger partial charge in [0, 0.05) is 17.9 Å². The number of hydrogen-bond donors (Lipinski definition) is 3. The maximum absolute atomic E-state index is 12.2. The Balaban J connectivity index is 1.72. The van der Waals surface area contributed by atoms with Crippen LogP contribution in [0.4, 0.5) is 29.2 Å². The number of anilines is 5. The van der Waals surface area contributed by atoms with Gasteiger partial charge in [-0.15, -0.1) is 0 Å². The summed E-state index contributed by atoms with van der Waals surface area (Å²) in [5, 5.41) is 9.57. The molecule has 0 spiro atoms. The third kappa shape index (κ3) is 9.88. The Bertz CT molecular complexity index is 1110. The van der Waals surface area contributed by atoms with E-state index in [-0.39, 0.29) is 11.9 Å². The maximum atomic E-state index is 12.2. The van der Waals surface area contributed by atoms with Crippen LogP contribution in [0.5, 0.6) is 0 Å². The SMILES string of the molecule is CCCCOC(=O)c1ccc(Nc2nc(NCC(C)C)nc(Nc3ccc(C(=O)OCCCC)cc3)n2)cc1. The van der Waals surface area contributed by atoms with E-state index in [0.717, 1.165) is 25.7 Å². The molecule has 2 aromatic carbocycles. The van der Waals surface area contributed by atoms with Crippen molar-refractivity contribution in [2.45, 2.75) is 53.4 Å². The topological polar surface area (TPSA) is 127 Å². The molecule has 0 aliphatic heterocycles. The molecule has 0 bridgehead atoms. The van der Waals surface area contributed by atoms with Crippen molar-refractivity contribution in [1.29, 1.82) is 0 Å². The van der Waals surface area contributed by atoms with Crippen LogP contribution in [-0.4, -0.2) is 46.6 Å². The van der Waals surface area contributed by atoms with Gasteiger partial charge in [-0.25, -0.2) is 9.59 Å². The molecule has 10 heteroatoms. The van der Waals surface area contributed by atoms with E-state index in [1.807, 2.05) is 13.8 Å². The number of nitrogens with zero attached hydrogens (tertiary/aromatic N) is 3. The summed E-state index contributed by atoms with van der Waals surface area (Å²) in [6, 6.07) is 13.9. The smallest absolute Gasteiger partial charge is 0.338 e. The first-order chi connectivity index (χ1) is 18.9. The fourth-order valence-corrected chi connectivity index (χ4v) is 3.28. The normalized spacial score (nSPS) is 10.7. The largest absolute Gasteiger partial charge is 0.462 e. The van der Waals surface area contributed by atoms with Gasteiger partial charge in [-0.1, -0.05) is 40.5 Å². The van der Waals surface area contributed by atoms with Crippen LogP contribution in [0.1, 0.15) is 74.1 Å². The predicted octanol–water partition coefficient (Wildman–Crippen LogP) is 6.34. The monoisotopic (exact) mass is 534 g/mol. The number of ether oxygens (including phenoxy) is 2. The number of carbonyl (C=O) groups is 2. The first kappa shape index (κ1) is 29.3. The lowest BCUT2D eigenvalue weighted by molar-refractivity contribution is 0.0490. The van der Waals surface area contributed by atoms with Gasteiger partial charge in [-0.2, -0.15) is 15.0 Å². The van der Waals surface area contributed by atoms with Crippen LogP contribution in [0.25, 0.3) is 0 Å². The van der Waals surface area contributed by atoms with Crippen LogP contribution in [-0.2, 0) is 9.47 Å². The zero-order valence-corrected chi connectivity index (χ0v) is 23.1. The van der Waals surface area contributed by atoms with Gasteiger partial charge in [0.15, 0.2) is 0 Å². The van der Waals surface area contributed by atoms with E-state index in [4.69, 9.17) is 9.47 Å². The minimum atomic E-state index is -0.345. The minimum absolute atomic E-state index is 0.327. The molecule has 3 N–H and O–H groups in total. The first-order valence-electron chi connectivity index (χ1n) is 13.5. The molecule has 0 aliphatic rings. The lowest BCUT2D eigenvalue weighted by Crippen LogP contribution is -2.13. The minimum Gasteiger partial charge on any atom is -0.462 e. The molecular weight excluding hydrogens is 496 g/mol. The highest BCUT2D eigenvalue weighted by Crippen LogP contribution is 2.20. The molecular formula is C29H38N6O4. The summed E-state index contributed by atoms with van der Waals surface area (Å²) in [6.07, 6.45) is 3.60. The van der Waals surface area contributed by atoms with Crippen molar-refractivity contribution in [3.63, 3.8) is 0 Å².